The molecule has 0 radical (unpaired) electrons. The molecule has 3 rings (SSSR count). The van der Waals surface area contributed by atoms with Crippen molar-refractivity contribution in [2.45, 2.75) is 51.0 Å². The third-order valence-electron chi connectivity index (χ3n) is 7.15. The zero-order valence-corrected chi connectivity index (χ0v) is 17.7. The highest BCUT2D eigenvalue weighted by Gasteiger charge is 2.61. The summed E-state index contributed by atoms with van der Waals surface area (Å²) in [5.74, 6) is -0.984. The zero-order chi connectivity index (χ0) is 20.9. The van der Waals surface area contributed by atoms with Gasteiger partial charge in [-0.3, -0.25) is 0 Å². The van der Waals surface area contributed by atoms with E-state index in [0.717, 1.165) is 19.3 Å². The Morgan fingerprint density at radius 1 is 1.04 bits per heavy atom. The maximum absolute atomic E-state index is 13.1. The molecule has 1 N–H and O–H groups in total. The lowest BCUT2D eigenvalue weighted by Crippen LogP contribution is -2.46. The molecule has 2 saturated carbocycles. The molecule has 2 bridgehead atoms. The number of methoxy groups -OCH3 is 2. The third kappa shape index (κ3) is 3.12. The lowest BCUT2D eigenvalue weighted by molar-refractivity contribution is 0.0598. The van der Waals surface area contributed by atoms with Crippen molar-refractivity contribution < 1.29 is 27.5 Å². The van der Waals surface area contributed by atoms with Gasteiger partial charge in [0.15, 0.2) is 0 Å². The summed E-state index contributed by atoms with van der Waals surface area (Å²) in [7, 11) is -1.56. The van der Waals surface area contributed by atoms with Crippen molar-refractivity contribution in [1.29, 1.82) is 0 Å². The molecule has 8 heteroatoms. The molecule has 0 saturated heterocycles. The van der Waals surface area contributed by atoms with E-state index in [0.29, 0.717) is 5.92 Å². The van der Waals surface area contributed by atoms with Gasteiger partial charge in [-0.05, 0) is 54.2 Å². The summed E-state index contributed by atoms with van der Waals surface area (Å²) in [5.41, 5.74) is -0.142. The van der Waals surface area contributed by atoms with Crippen LogP contribution in [0.15, 0.2) is 23.1 Å². The molecule has 0 heterocycles. The monoisotopic (exact) mass is 409 g/mol. The first-order chi connectivity index (χ1) is 13.0. The van der Waals surface area contributed by atoms with Gasteiger partial charge in [0.2, 0.25) is 10.0 Å². The number of carbonyl (C=O) groups is 2. The Kier molecular flexibility index (Phi) is 5.08. The Morgan fingerprint density at radius 2 is 1.57 bits per heavy atom. The van der Waals surface area contributed by atoms with Crippen molar-refractivity contribution >= 4 is 22.0 Å². The second-order valence-corrected chi connectivity index (χ2v) is 10.2. The number of ether oxygens (including phenoxy) is 2. The molecule has 0 aromatic heterocycles. The fraction of sp³-hybridized carbons (Fsp3) is 0.600. The Bertz CT molecular complexity index is 888. The van der Waals surface area contributed by atoms with Crippen LogP contribution in [0.5, 0.6) is 0 Å². The third-order valence-corrected chi connectivity index (χ3v) is 8.60. The van der Waals surface area contributed by atoms with Crippen molar-refractivity contribution in [2.24, 2.45) is 16.7 Å². The van der Waals surface area contributed by atoms with E-state index in [1.54, 1.807) is 0 Å². The van der Waals surface area contributed by atoms with Crippen LogP contribution < -0.4 is 4.72 Å². The van der Waals surface area contributed by atoms with Gasteiger partial charge < -0.3 is 9.47 Å². The maximum atomic E-state index is 13.1. The summed E-state index contributed by atoms with van der Waals surface area (Å²) in [4.78, 5) is 23.7. The lowest BCUT2D eigenvalue weighted by Gasteiger charge is -2.39. The molecule has 154 valence electrons. The fourth-order valence-corrected chi connectivity index (χ4v) is 6.29. The minimum absolute atomic E-state index is 0.0229. The number of sulfonamides is 1. The summed E-state index contributed by atoms with van der Waals surface area (Å²) in [6.07, 6.45) is 2.85. The fourth-order valence-electron chi connectivity index (χ4n) is 4.86. The summed E-state index contributed by atoms with van der Waals surface area (Å²) >= 11 is 0. The molecule has 0 spiro atoms. The van der Waals surface area contributed by atoms with Gasteiger partial charge in [0, 0.05) is 6.04 Å². The minimum atomic E-state index is -3.95. The van der Waals surface area contributed by atoms with Gasteiger partial charge >= 0.3 is 11.9 Å². The van der Waals surface area contributed by atoms with Gasteiger partial charge in [-0.2, -0.15) is 0 Å². The molecular formula is C20H27NO6S. The molecular weight excluding hydrogens is 382 g/mol. The van der Waals surface area contributed by atoms with Gasteiger partial charge in [0.25, 0.3) is 0 Å². The number of carbonyl (C=O) groups excluding carboxylic acids is 2. The van der Waals surface area contributed by atoms with E-state index in [9.17, 15) is 18.0 Å². The smallest absolute Gasteiger partial charge is 0.337 e. The lowest BCUT2D eigenvalue weighted by atomic mass is 9.69. The highest BCUT2D eigenvalue weighted by molar-refractivity contribution is 7.89. The summed E-state index contributed by atoms with van der Waals surface area (Å²) in [6, 6.07) is 3.51. The Labute approximate surface area is 165 Å². The number of nitrogens with one attached hydrogen (secondary N) is 1. The van der Waals surface area contributed by atoms with Gasteiger partial charge in [0.05, 0.1) is 30.2 Å². The van der Waals surface area contributed by atoms with Crippen LogP contribution in [0, 0.1) is 16.7 Å². The van der Waals surface area contributed by atoms with E-state index in [4.69, 9.17) is 0 Å². The number of rotatable bonds is 5. The Balaban J connectivity index is 1.98. The Morgan fingerprint density at radius 3 is 1.96 bits per heavy atom. The normalized spacial score (nSPS) is 28.2. The van der Waals surface area contributed by atoms with Crippen molar-refractivity contribution in [3.05, 3.63) is 29.3 Å². The average molecular weight is 410 g/mol. The SMILES string of the molecule is COC(=O)c1cc(C(=O)OC)cc(S(=O)(=O)N[C@H]2C[C@H]3CC[C@@]2(C)C3(C)C)c1. The predicted molar refractivity (Wildman–Crippen MR) is 102 cm³/mol. The van der Waals surface area contributed by atoms with Crippen LogP contribution >= 0.6 is 0 Å². The first-order valence-corrected chi connectivity index (χ1v) is 10.8. The van der Waals surface area contributed by atoms with E-state index in [1.807, 2.05) is 0 Å². The van der Waals surface area contributed by atoms with Crippen LogP contribution in [0.3, 0.4) is 0 Å². The standard InChI is InChI=1S/C20H27NO6S/c1-19(2)14-6-7-20(19,3)16(11-14)21-28(24,25)15-9-12(17(22)26-4)8-13(10-15)18(23)27-5/h8-10,14,16,21H,6-7,11H2,1-5H3/t14-,16+,20-/m1/s1. The van der Waals surface area contributed by atoms with Crippen LogP contribution in [0.4, 0.5) is 0 Å². The number of hydrogen-bond donors (Lipinski definition) is 1. The summed E-state index contributed by atoms with van der Waals surface area (Å²) in [5, 5.41) is 0. The van der Waals surface area contributed by atoms with Crippen molar-refractivity contribution in [1.82, 2.24) is 4.72 Å². The number of esters is 2. The molecule has 0 unspecified atom stereocenters. The first-order valence-electron chi connectivity index (χ1n) is 9.30. The van der Waals surface area contributed by atoms with Gasteiger partial charge in [-0.1, -0.05) is 20.8 Å². The second kappa shape index (κ2) is 6.84. The van der Waals surface area contributed by atoms with Crippen LogP contribution in [0.1, 0.15) is 60.7 Å². The summed E-state index contributed by atoms with van der Waals surface area (Å²) < 4.78 is 38.5. The summed E-state index contributed by atoms with van der Waals surface area (Å²) in [6.45, 7) is 6.54. The molecule has 2 fully saturated rings. The molecule has 3 atom stereocenters. The molecule has 2 aliphatic rings. The number of fused-ring (bicyclic) bond motifs is 2. The van der Waals surface area contributed by atoms with E-state index in [1.165, 1.54) is 32.4 Å². The number of benzene rings is 1. The van der Waals surface area contributed by atoms with Crippen LogP contribution in [0.25, 0.3) is 0 Å². The molecule has 28 heavy (non-hydrogen) atoms. The Hall–Kier alpha value is -1.93. The highest BCUT2D eigenvalue weighted by atomic mass is 32.2. The maximum Gasteiger partial charge on any atom is 0.337 e. The van der Waals surface area contributed by atoms with Crippen molar-refractivity contribution in [3.8, 4) is 0 Å². The second-order valence-electron chi connectivity index (χ2n) is 8.51. The quantitative estimate of drug-likeness (QED) is 0.751. The largest absolute Gasteiger partial charge is 0.465 e. The molecule has 1 aromatic carbocycles. The molecule has 0 aliphatic heterocycles. The minimum Gasteiger partial charge on any atom is -0.465 e. The van der Waals surface area contributed by atoms with Crippen LogP contribution in [0.2, 0.25) is 0 Å². The molecule has 2 aliphatic carbocycles. The topological polar surface area (TPSA) is 98.8 Å². The average Bonchev–Trinajstić information content (AvgIpc) is 2.99. The molecule has 0 amide bonds. The number of hydrogen-bond acceptors (Lipinski definition) is 6. The van der Waals surface area contributed by atoms with Gasteiger partial charge in [-0.25, -0.2) is 22.7 Å². The van der Waals surface area contributed by atoms with Gasteiger partial charge in [-0.15, -0.1) is 0 Å². The van der Waals surface area contributed by atoms with E-state index >= 15 is 0 Å². The van der Waals surface area contributed by atoms with E-state index < -0.39 is 22.0 Å². The molecule has 7 nitrogen and oxygen atoms in total. The zero-order valence-electron chi connectivity index (χ0n) is 16.9. The predicted octanol–water partition coefficient (Wildman–Crippen LogP) is 2.75. The van der Waals surface area contributed by atoms with Crippen molar-refractivity contribution in [2.75, 3.05) is 14.2 Å². The molecule has 1 aromatic rings. The van der Waals surface area contributed by atoms with Crippen LogP contribution in [-0.2, 0) is 19.5 Å². The first kappa shape index (κ1) is 20.8. The van der Waals surface area contributed by atoms with Gasteiger partial charge in [0.1, 0.15) is 0 Å². The van der Waals surface area contributed by atoms with Crippen LogP contribution in [-0.4, -0.2) is 40.6 Å². The van der Waals surface area contributed by atoms with Crippen molar-refractivity contribution in [3.63, 3.8) is 0 Å². The van der Waals surface area contributed by atoms with E-state index in [-0.39, 0.29) is 32.9 Å². The highest BCUT2D eigenvalue weighted by Crippen LogP contribution is 2.65. The van der Waals surface area contributed by atoms with E-state index in [2.05, 4.69) is 35.0 Å².